The Morgan fingerprint density at radius 1 is 1.00 bits per heavy atom. The van der Waals surface area contributed by atoms with Crippen LogP contribution >= 0.6 is 31.3 Å². The van der Waals surface area contributed by atoms with E-state index >= 15 is 0 Å². The lowest BCUT2D eigenvalue weighted by molar-refractivity contribution is 0.159. The molecule has 0 aromatic rings. The molecule has 1 rings (SSSR count). The minimum atomic E-state index is -5.55. The molecule has 126 valence electrons. The number of phosphoric acid groups is 4. The average molecular weight is 394 g/mol. The molecule has 0 aromatic carbocycles. The molecule has 6 N–H and O–H groups in total. The van der Waals surface area contributed by atoms with Crippen LogP contribution in [0.2, 0.25) is 0 Å². The van der Waals surface area contributed by atoms with E-state index in [4.69, 9.17) is 9.79 Å². The van der Waals surface area contributed by atoms with Crippen LogP contribution in [0.3, 0.4) is 0 Å². The zero-order valence-corrected chi connectivity index (χ0v) is 13.3. The van der Waals surface area contributed by atoms with E-state index in [1.807, 2.05) is 0 Å². The second-order valence-corrected chi connectivity index (χ2v) is 9.51. The van der Waals surface area contributed by atoms with Gasteiger partial charge in [-0.1, -0.05) is 0 Å². The Labute approximate surface area is 116 Å². The maximum Gasteiger partial charge on any atom is 0.500 e. The van der Waals surface area contributed by atoms with Gasteiger partial charge in [-0.15, -0.1) is 0 Å². The van der Waals surface area contributed by atoms with E-state index < -0.39 is 44.5 Å². The first-order valence-corrected chi connectivity index (χ1v) is 10.4. The van der Waals surface area contributed by atoms with E-state index in [-0.39, 0.29) is 0 Å². The van der Waals surface area contributed by atoms with Gasteiger partial charge in [0.05, 0.1) is 13.2 Å². The van der Waals surface area contributed by atoms with Gasteiger partial charge in [0, 0.05) is 0 Å². The summed E-state index contributed by atoms with van der Waals surface area (Å²) in [5.74, 6) is 8.90. The Morgan fingerprint density at radius 2 is 1.52 bits per heavy atom. The molecule has 4 atom stereocenters. The smallest absolute Gasteiger partial charge is 0.302 e. The minimum Gasteiger partial charge on any atom is -0.302 e. The summed E-state index contributed by atoms with van der Waals surface area (Å²) in [7, 11) is -20.4. The van der Waals surface area contributed by atoms with Gasteiger partial charge in [0.25, 0.3) is 0 Å². The first kappa shape index (κ1) is 19.5. The third-order valence-corrected chi connectivity index (χ3v) is 7.85. The van der Waals surface area contributed by atoms with E-state index in [1.165, 1.54) is 0 Å². The van der Waals surface area contributed by atoms with Crippen LogP contribution < -0.4 is 11.8 Å². The van der Waals surface area contributed by atoms with Crippen LogP contribution in [0.25, 0.3) is 0 Å². The van der Waals surface area contributed by atoms with Crippen LogP contribution in [0.5, 0.6) is 0 Å². The molecular weight excluding hydrogens is 384 g/mol. The summed E-state index contributed by atoms with van der Waals surface area (Å²) in [6.45, 7) is -1.06. The molecule has 0 radical (unpaired) electrons. The zero-order chi connectivity index (χ0) is 16.4. The summed E-state index contributed by atoms with van der Waals surface area (Å²) in [6, 6.07) is 0. The Kier molecular flexibility index (Phi) is 6.45. The lowest BCUT2D eigenvalue weighted by atomic mass is 10.8. The molecule has 0 spiro atoms. The number of hydrogen-bond acceptors (Lipinski definition) is 13. The molecular formula is C2H10N2O13P4. The van der Waals surface area contributed by atoms with Crippen LogP contribution in [0.1, 0.15) is 0 Å². The monoisotopic (exact) mass is 394 g/mol. The molecule has 1 aliphatic rings. The Bertz CT molecular complexity index is 558. The fraction of sp³-hybridized carbons (Fsp3) is 1.00. The molecule has 15 nitrogen and oxygen atoms in total. The summed E-state index contributed by atoms with van der Waals surface area (Å²) >= 11 is 0. The molecule has 1 heterocycles. The van der Waals surface area contributed by atoms with Gasteiger partial charge in [-0.3, -0.25) is 9.05 Å². The fourth-order valence-corrected chi connectivity index (χ4v) is 6.19. The van der Waals surface area contributed by atoms with Crippen LogP contribution in [0.4, 0.5) is 0 Å². The van der Waals surface area contributed by atoms with Crippen molar-refractivity contribution in [2.45, 2.75) is 0 Å². The largest absolute Gasteiger partial charge is 0.500 e. The minimum absolute atomic E-state index is 0.483. The first-order valence-electron chi connectivity index (χ1n) is 4.50. The van der Waals surface area contributed by atoms with Crippen molar-refractivity contribution in [2.24, 2.45) is 11.8 Å². The standard InChI is InChI=1S/C2H10N2O13P4/c3-13-18(5,6)15-19(7,8)16-21(10)12-2-1-11-20(9,14-4)17-21/h1-4H2,(H,5,6)(H,7,8). The molecule has 0 aliphatic carbocycles. The molecule has 1 saturated heterocycles. The van der Waals surface area contributed by atoms with Crippen molar-refractivity contribution in [3.8, 4) is 0 Å². The van der Waals surface area contributed by atoms with Crippen molar-refractivity contribution in [2.75, 3.05) is 13.2 Å². The number of hydrogen-bond donors (Lipinski definition) is 4. The Morgan fingerprint density at radius 3 is 2.00 bits per heavy atom. The second-order valence-electron chi connectivity index (χ2n) is 2.95. The third-order valence-electron chi connectivity index (χ3n) is 1.45. The first-order chi connectivity index (χ1) is 9.45. The molecule has 21 heavy (non-hydrogen) atoms. The topological polar surface area (TPSA) is 225 Å². The van der Waals surface area contributed by atoms with Crippen molar-refractivity contribution in [1.29, 1.82) is 0 Å². The molecule has 0 bridgehead atoms. The van der Waals surface area contributed by atoms with Crippen molar-refractivity contribution < 1.29 is 59.3 Å². The summed E-state index contributed by atoms with van der Waals surface area (Å²) in [6.07, 6.45) is 0. The van der Waals surface area contributed by atoms with Gasteiger partial charge in [0.15, 0.2) is 0 Å². The summed E-state index contributed by atoms with van der Waals surface area (Å²) < 4.78 is 73.4. The van der Waals surface area contributed by atoms with Crippen LogP contribution in [-0.4, -0.2) is 23.0 Å². The van der Waals surface area contributed by atoms with Crippen LogP contribution in [-0.2, 0) is 49.5 Å². The molecule has 0 aromatic heterocycles. The van der Waals surface area contributed by atoms with Gasteiger partial charge >= 0.3 is 31.3 Å². The van der Waals surface area contributed by atoms with Crippen molar-refractivity contribution in [1.82, 2.24) is 0 Å². The van der Waals surface area contributed by atoms with Gasteiger partial charge in [-0.05, 0) is 0 Å². The highest BCUT2D eigenvalue weighted by Crippen LogP contribution is 2.74. The van der Waals surface area contributed by atoms with Gasteiger partial charge < -0.3 is 9.79 Å². The lowest BCUT2D eigenvalue weighted by Gasteiger charge is -2.19. The maximum atomic E-state index is 11.9. The van der Waals surface area contributed by atoms with E-state index in [0.29, 0.717) is 0 Å². The fourth-order valence-electron chi connectivity index (χ4n) is 0.847. The molecule has 19 heteroatoms. The normalized spacial score (nSPS) is 36.4. The quantitative estimate of drug-likeness (QED) is 0.350. The van der Waals surface area contributed by atoms with Crippen LogP contribution in [0, 0.1) is 0 Å². The maximum absolute atomic E-state index is 11.9. The summed E-state index contributed by atoms with van der Waals surface area (Å²) in [5, 5.41) is 0. The number of nitrogens with two attached hydrogens (primary N) is 2. The van der Waals surface area contributed by atoms with Gasteiger partial charge in [0.2, 0.25) is 0 Å². The molecule has 0 saturated carbocycles. The Balaban J connectivity index is 2.93. The molecule has 1 fully saturated rings. The molecule has 1 aliphatic heterocycles. The van der Waals surface area contributed by atoms with E-state index in [9.17, 15) is 18.3 Å². The predicted octanol–water partition coefficient (Wildman–Crippen LogP) is 0.281. The van der Waals surface area contributed by atoms with Gasteiger partial charge in [-0.25, -0.2) is 39.3 Å². The van der Waals surface area contributed by atoms with Crippen molar-refractivity contribution >= 4 is 31.3 Å². The van der Waals surface area contributed by atoms with Crippen molar-refractivity contribution in [3.63, 3.8) is 0 Å². The summed E-state index contributed by atoms with van der Waals surface area (Å²) in [4.78, 5) is 17.9. The highest BCUT2D eigenvalue weighted by molar-refractivity contribution is 7.70. The Hall–Kier alpha value is 0.480. The van der Waals surface area contributed by atoms with E-state index in [2.05, 4.69) is 43.0 Å². The highest BCUT2D eigenvalue weighted by atomic mass is 31.3. The molecule has 0 amide bonds. The van der Waals surface area contributed by atoms with E-state index in [0.717, 1.165) is 0 Å². The highest BCUT2D eigenvalue weighted by Gasteiger charge is 2.50. The second kappa shape index (κ2) is 6.93. The lowest BCUT2D eigenvalue weighted by Crippen LogP contribution is -2.03. The average Bonchev–Trinajstić information content (AvgIpc) is 2.46. The van der Waals surface area contributed by atoms with E-state index in [1.54, 1.807) is 0 Å². The zero-order valence-electron chi connectivity index (χ0n) is 9.74. The van der Waals surface area contributed by atoms with Gasteiger partial charge in [-0.2, -0.15) is 12.9 Å². The van der Waals surface area contributed by atoms with Crippen LogP contribution in [0.15, 0.2) is 0 Å². The predicted molar refractivity (Wildman–Crippen MR) is 60.6 cm³/mol. The SMILES string of the molecule is NOP(=O)(O)OP(=O)(O)OP1(=O)OCCOP(=O)(ON)O1. The molecule has 4 unspecified atom stereocenters. The summed E-state index contributed by atoms with van der Waals surface area (Å²) in [5.41, 5.74) is 0. The van der Waals surface area contributed by atoms with Gasteiger partial charge in [0.1, 0.15) is 0 Å². The number of rotatable bonds is 6. The van der Waals surface area contributed by atoms with Crippen molar-refractivity contribution in [3.05, 3.63) is 0 Å². The third kappa shape index (κ3) is 6.24.